The molecule has 1 aromatic rings. The summed E-state index contributed by atoms with van der Waals surface area (Å²) in [5.74, 6) is 0.165. The van der Waals surface area contributed by atoms with Crippen LogP contribution in [0.25, 0.3) is 0 Å². The Kier molecular flexibility index (Phi) is 5.22. The SMILES string of the molecule is CCN(CC)C(=O)Cc1ccc(B2OC(C)(C)C(C)(C)O2)cc1. The molecule has 1 heterocycles. The molecule has 0 spiro atoms. The molecule has 0 radical (unpaired) electrons. The van der Waals surface area contributed by atoms with Crippen LogP contribution in [0.1, 0.15) is 47.1 Å². The fourth-order valence-electron chi connectivity index (χ4n) is 2.63. The Morgan fingerprint density at radius 2 is 1.48 bits per heavy atom. The molecule has 4 nitrogen and oxygen atoms in total. The number of amides is 1. The first kappa shape index (κ1) is 18.0. The topological polar surface area (TPSA) is 38.8 Å². The Hall–Kier alpha value is -1.33. The zero-order valence-corrected chi connectivity index (χ0v) is 15.2. The minimum absolute atomic E-state index is 0.165. The Balaban J connectivity index is 2.05. The summed E-state index contributed by atoms with van der Waals surface area (Å²) >= 11 is 0. The largest absolute Gasteiger partial charge is 0.494 e. The van der Waals surface area contributed by atoms with Crippen molar-refractivity contribution < 1.29 is 14.1 Å². The molecule has 0 aromatic heterocycles. The van der Waals surface area contributed by atoms with Gasteiger partial charge >= 0.3 is 7.12 Å². The molecule has 5 heteroatoms. The van der Waals surface area contributed by atoms with Gasteiger partial charge in [0.2, 0.25) is 5.91 Å². The Labute approximate surface area is 140 Å². The van der Waals surface area contributed by atoms with Gasteiger partial charge in [-0.05, 0) is 52.6 Å². The maximum absolute atomic E-state index is 12.2. The smallest absolute Gasteiger partial charge is 0.399 e. The lowest BCUT2D eigenvalue weighted by atomic mass is 9.79. The minimum Gasteiger partial charge on any atom is -0.399 e. The highest BCUT2D eigenvalue weighted by molar-refractivity contribution is 6.62. The minimum atomic E-state index is -0.354. The van der Waals surface area contributed by atoms with Crippen LogP contribution >= 0.6 is 0 Å². The van der Waals surface area contributed by atoms with E-state index < -0.39 is 0 Å². The fraction of sp³-hybridized carbons (Fsp3) is 0.611. The molecule has 0 saturated carbocycles. The van der Waals surface area contributed by atoms with Crippen molar-refractivity contribution in [3.05, 3.63) is 29.8 Å². The van der Waals surface area contributed by atoms with Gasteiger partial charge in [-0.15, -0.1) is 0 Å². The van der Waals surface area contributed by atoms with E-state index in [-0.39, 0.29) is 24.2 Å². The van der Waals surface area contributed by atoms with E-state index in [0.717, 1.165) is 24.1 Å². The first-order valence-electron chi connectivity index (χ1n) is 8.42. The first-order chi connectivity index (χ1) is 10.7. The van der Waals surface area contributed by atoms with Crippen molar-refractivity contribution in [1.29, 1.82) is 0 Å². The average molecular weight is 317 g/mol. The Bertz CT molecular complexity index is 534. The molecule has 0 aliphatic carbocycles. The van der Waals surface area contributed by atoms with Crippen molar-refractivity contribution in [2.45, 2.75) is 59.2 Å². The van der Waals surface area contributed by atoms with E-state index in [1.165, 1.54) is 0 Å². The lowest BCUT2D eigenvalue weighted by Gasteiger charge is -2.32. The molecule has 2 rings (SSSR count). The number of benzene rings is 1. The van der Waals surface area contributed by atoms with Crippen LogP contribution < -0.4 is 5.46 Å². The summed E-state index contributed by atoms with van der Waals surface area (Å²) in [6.07, 6.45) is 0.436. The van der Waals surface area contributed by atoms with Gasteiger partial charge < -0.3 is 14.2 Å². The monoisotopic (exact) mass is 317 g/mol. The third-order valence-electron chi connectivity index (χ3n) is 4.98. The zero-order valence-electron chi connectivity index (χ0n) is 15.2. The second-order valence-corrected chi connectivity index (χ2v) is 7.07. The standard InChI is InChI=1S/C18H28BNO3/c1-7-20(8-2)16(21)13-14-9-11-15(12-10-14)19-22-17(3,4)18(5,6)23-19/h9-12H,7-8,13H2,1-6H3. The summed E-state index contributed by atoms with van der Waals surface area (Å²) in [6, 6.07) is 7.96. The highest BCUT2D eigenvalue weighted by Crippen LogP contribution is 2.36. The highest BCUT2D eigenvalue weighted by Gasteiger charge is 2.51. The average Bonchev–Trinajstić information content (AvgIpc) is 2.69. The van der Waals surface area contributed by atoms with Gasteiger partial charge in [0.05, 0.1) is 17.6 Å². The van der Waals surface area contributed by atoms with E-state index in [0.29, 0.717) is 6.42 Å². The molecule has 1 aromatic carbocycles. The van der Waals surface area contributed by atoms with Crippen molar-refractivity contribution in [3.8, 4) is 0 Å². The van der Waals surface area contributed by atoms with Gasteiger partial charge in [-0.25, -0.2) is 0 Å². The normalized spacial score (nSPS) is 19.0. The van der Waals surface area contributed by atoms with Crippen LogP contribution in [0.15, 0.2) is 24.3 Å². The van der Waals surface area contributed by atoms with Gasteiger partial charge in [0.1, 0.15) is 0 Å². The van der Waals surface area contributed by atoms with E-state index in [1.54, 1.807) is 0 Å². The third kappa shape index (κ3) is 3.78. The highest BCUT2D eigenvalue weighted by atomic mass is 16.7. The molecule has 1 amide bonds. The van der Waals surface area contributed by atoms with E-state index >= 15 is 0 Å². The molecule has 126 valence electrons. The van der Waals surface area contributed by atoms with Crippen molar-refractivity contribution in [2.24, 2.45) is 0 Å². The van der Waals surface area contributed by atoms with Crippen LogP contribution in [-0.2, 0) is 20.5 Å². The number of hydrogen-bond donors (Lipinski definition) is 0. The van der Waals surface area contributed by atoms with Gasteiger partial charge in [0.15, 0.2) is 0 Å². The van der Waals surface area contributed by atoms with Crippen LogP contribution in [0.2, 0.25) is 0 Å². The predicted molar refractivity (Wildman–Crippen MR) is 93.8 cm³/mol. The molecule has 23 heavy (non-hydrogen) atoms. The van der Waals surface area contributed by atoms with Crippen molar-refractivity contribution in [2.75, 3.05) is 13.1 Å². The summed E-state index contributed by atoms with van der Waals surface area (Å²) in [5.41, 5.74) is 1.33. The van der Waals surface area contributed by atoms with Crippen molar-refractivity contribution in [1.82, 2.24) is 4.90 Å². The van der Waals surface area contributed by atoms with Gasteiger partial charge in [-0.2, -0.15) is 0 Å². The molecule has 1 aliphatic rings. The molecule has 0 bridgehead atoms. The number of carbonyl (C=O) groups is 1. The molecule has 1 saturated heterocycles. The zero-order chi connectivity index (χ0) is 17.3. The number of likely N-dealkylation sites (N-methyl/N-ethyl adjacent to an activating group) is 1. The van der Waals surface area contributed by atoms with Crippen LogP contribution in [0.3, 0.4) is 0 Å². The summed E-state index contributed by atoms with van der Waals surface area (Å²) in [6.45, 7) is 13.7. The molecule has 0 N–H and O–H groups in total. The second kappa shape index (κ2) is 6.66. The van der Waals surface area contributed by atoms with Gasteiger partial charge in [-0.3, -0.25) is 4.79 Å². The summed E-state index contributed by atoms with van der Waals surface area (Å²) in [5, 5.41) is 0. The lowest BCUT2D eigenvalue weighted by Crippen LogP contribution is -2.41. The summed E-state index contributed by atoms with van der Waals surface area (Å²) in [7, 11) is -0.354. The first-order valence-corrected chi connectivity index (χ1v) is 8.42. The van der Waals surface area contributed by atoms with Gasteiger partial charge in [0.25, 0.3) is 0 Å². The van der Waals surface area contributed by atoms with Crippen LogP contribution in [0.4, 0.5) is 0 Å². The van der Waals surface area contributed by atoms with E-state index in [4.69, 9.17) is 9.31 Å². The molecule has 0 unspecified atom stereocenters. The number of nitrogens with zero attached hydrogens (tertiary/aromatic N) is 1. The molecular formula is C18H28BNO3. The lowest BCUT2D eigenvalue weighted by molar-refractivity contribution is -0.130. The van der Waals surface area contributed by atoms with Gasteiger partial charge in [-0.1, -0.05) is 24.3 Å². The van der Waals surface area contributed by atoms with E-state index in [9.17, 15) is 4.79 Å². The molecular weight excluding hydrogens is 289 g/mol. The summed E-state index contributed by atoms with van der Waals surface area (Å²) < 4.78 is 12.1. The predicted octanol–water partition coefficient (Wildman–Crippen LogP) is 2.40. The maximum Gasteiger partial charge on any atom is 0.494 e. The van der Waals surface area contributed by atoms with E-state index in [2.05, 4.69) is 0 Å². The second-order valence-electron chi connectivity index (χ2n) is 7.07. The third-order valence-corrected chi connectivity index (χ3v) is 4.98. The fourth-order valence-corrected chi connectivity index (χ4v) is 2.63. The quantitative estimate of drug-likeness (QED) is 0.783. The van der Waals surface area contributed by atoms with Crippen LogP contribution in [-0.4, -0.2) is 42.2 Å². The Morgan fingerprint density at radius 1 is 1.00 bits per heavy atom. The van der Waals surface area contributed by atoms with Crippen molar-refractivity contribution >= 4 is 18.5 Å². The van der Waals surface area contributed by atoms with Gasteiger partial charge in [0, 0.05) is 13.1 Å². The van der Waals surface area contributed by atoms with E-state index in [1.807, 2.05) is 70.7 Å². The van der Waals surface area contributed by atoms with Crippen LogP contribution in [0, 0.1) is 0 Å². The maximum atomic E-state index is 12.2. The van der Waals surface area contributed by atoms with Crippen molar-refractivity contribution in [3.63, 3.8) is 0 Å². The molecule has 1 fully saturated rings. The number of rotatable bonds is 5. The summed E-state index contributed by atoms with van der Waals surface area (Å²) in [4.78, 5) is 14.0. The Morgan fingerprint density at radius 3 is 1.91 bits per heavy atom. The molecule has 0 atom stereocenters. The van der Waals surface area contributed by atoms with Crippen LogP contribution in [0.5, 0.6) is 0 Å². The number of carbonyl (C=O) groups excluding carboxylic acids is 1. The number of hydrogen-bond acceptors (Lipinski definition) is 3. The molecule has 1 aliphatic heterocycles.